The minimum absolute atomic E-state index is 0.0162. The van der Waals surface area contributed by atoms with Gasteiger partial charge in [0.15, 0.2) is 11.4 Å². The normalized spacial score (nSPS) is 11.4. The Bertz CT molecular complexity index is 1180. The molecule has 1 amide bonds. The molecule has 0 aliphatic heterocycles. The lowest BCUT2D eigenvalue weighted by Gasteiger charge is -2.09. The van der Waals surface area contributed by atoms with Crippen LogP contribution in [0.2, 0.25) is 0 Å². The molecule has 8 heteroatoms. The summed E-state index contributed by atoms with van der Waals surface area (Å²) in [5, 5.41) is 9.26. The number of carbonyl (C=O) groups excluding carboxylic acids is 2. The molecule has 1 N–H and O–H groups in total. The summed E-state index contributed by atoms with van der Waals surface area (Å²) in [7, 11) is 3.17. The van der Waals surface area contributed by atoms with E-state index in [9.17, 15) is 14.9 Å². The summed E-state index contributed by atoms with van der Waals surface area (Å²) in [5.74, 6) is 0.104. The smallest absolute Gasteiger partial charge is 0.264 e. The van der Waals surface area contributed by atoms with E-state index in [2.05, 4.69) is 15.0 Å². The maximum atomic E-state index is 12.4. The van der Waals surface area contributed by atoms with Crippen LogP contribution in [0.3, 0.4) is 0 Å². The number of nitrogens with one attached hydrogen (secondary N) is 1. The van der Waals surface area contributed by atoms with Crippen LogP contribution in [-0.4, -0.2) is 45.6 Å². The van der Waals surface area contributed by atoms with E-state index in [1.165, 1.54) is 17.2 Å². The van der Waals surface area contributed by atoms with Crippen molar-refractivity contribution in [3.8, 4) is 17.7 Å². The zero-order valence-corrected chi connectivity index (χ0v) is 17.1. The van der Waals surface area contributed by atoms with E-state index >= 15 is 0 Å². The van der Waals surface area contributed by atoms with Crippen LogP contribution in [-0.2, 0) is 4.79 Å². The maximum absolute atomic E-state index is 12.4. The molecule has 0 aliphatic rings. The van der Waals surface area contributed by atoms with Gasteiger partial charge in [-0.15, -0.1) is 0 Å². The summed E-state index contributed by atoms with van der Waals surface area (Å²) in [5.41, 5.74) is 2.07. The number of benzene rings is 1. The lowest BCUT2D eigenvalue weighted by Crippen LogP contribution is -2.22. The van der Waals surface area contributed by atoms with Gasteiger partial charge >= 0.3 is 0 Å². The van der Waals surface area contributed by atoms with Crippen LogP contribution in [0.4, 0.5) is 0 Å². The average Bonchev–Trinajstić information content (AvgIpc) is 3.14. The quantitative estimate of drug-likeness (QED) is 0.382. The molecule has 1 aromatic carbocycles. The van der Waals surface area contributed by atoms with Gasteiger partial charge in [0.1, 0.15) is 22.9 Å². The van der Waals surface area contributed by atoms with Crippen molar-refractivity contribution in [1.82, 2.24) is 19.9 Å². The highest BCUT2D eigenvalue weighted by atomic mass is 16.5. The van der Waals surface area contributed by atoms with Gasteiger partial charge in [-0.2, -0.15) is 5.26 Å². The van der Waals surface area contributed by atoms with E-state index in [1.807, 2.05) is 19.9 Å². The number of aromatic amines is 1. The molecule has 0 unspecified atom stereocenters. The fourth-order valence-corrected chi connectivity index (χ4v) is 2.76. The van der Waals surface area contributed by atoms with E-state index < -0.39 is 0 Å². The Morgan fingerprint density at radius 3 is 2.73 bits per heavy atom. The van der Waals surface area contributed by atoms with Gasteiger partial charge in [0, 0.05) is 26.2 Å². The third-order valence-electron chi connectivity index (χ3n) is 4.30. The molecule has 0 saturated heterocycles. The Balaban J connectivity index is 1.90. The molecule has 0 saturated carbocycles. The van der Waals surface area contributed by atoms with Crippen molar-refractivity contribution >= 4 is 28.9 Å². The van der Waals surface area contributed by atoms with Crippen molar-refractivity contribution in [2.75, 3.05) is 14.1 Å². The van der Waals surface area contributed by atoms with Crippen molar-refractivity contribution in [3.05, 3.63) is 53.4 Å². The third kappa shape index (κ3) is 4.36. The zero-order valence-electron chi connectivity index (χ0n) is 17.1. The highest BCUT2D eigenvalue weighted by molar-refractivity contribution is 6.06. The number of ketones is 1. The summed E-state index contributed by atoms with van der Waals surface area (Å²) in [6, 6.07) is 8.82. The monoisotopic (exact) mass is 403 g/mol. The number of hydrogen-bond acceptors (Lipinski definition) is 6. The molecule has 30 heavy (non-hydrogen) atoms. The van der Waals surface area contributed by atoms with E-state index in [4.69, 9.17) is 4.74 Å². The van der Waals surface area contributed by atoms with Crippen molar-refractivity contribution in [2.24, 2.45) is 5.92 Å². The first-order valence-corrected chi connectivity index (χ1v) is 9.30. The van der Waals surface area contributed by atoms with Gasteiger partial charge in [-0.3, -0.25) is 9.59 Å². The minimum atomic E-state index is -0.380. The van der Waals surface area contributed by atoms with Gasteiger partial charge in [-0.25, -0.2) is 9.97 Å². The molecule has 0 bridgehead atoms. The molecule has 0 aliphatic carbocycles. The molecule has 3 aromatic rings. The highest BCUT2D eigenvalue weighted by Gasteiger charge is 2.18. The van der Waals surface area contributed by atoms with Crippen LogP contribution >= 0.6 is 0 Å². The minimum Gasteiger partial charge on any atom is -0.437 e. The Morgan fingerprint density at radius 1 is 1.30 bits per heavy atom. The number of H-pyrrole nitrogens is 1. The second-order valence-corrected chi connectivity index (χ2v) is 7.17. The van der Waals surface area contributed by atoms with Crippen molar-refractivity contribution in [3.63, 3.8) is 0 Å². The number of likely N-dealkylation sites (N-methyl/N-ethyl adjacent to an activating group) is 1. The molecule has 0 radical (unpaired) electrons. The Labute approximate surface area is 173 Å². The lowest BCUT2D eigenvalue weighted by molar-refractivity contribution is -0.124. The molecule has 3 rings (SSSR count). The van der Waals surface area contributed by atoms with Crippen LogP contribution in [0.15, 0.2) is 42.2 Å². The number of carbonyl (C=O) groups is 2. The standard InChI is InChI=1S/C22H21N5O3/c1-13(2)20(28)17-11-24-21-19(17)26-18(12-25-21)30-16-7-5-6-14(9-16)8-15(10-23)22(29)27(3)4/h5-9,11-13H,1-4H3,(H,24,25)/b15-8-. The predicted octanol–water partition coefficient (Wildman–Crippen LogP) is 3.58. The van der Waals surface area contributed by atoms with Crippen molar-refractivity contribution in [1.29, 1.82) is 5.26 Å². The van der Waals surface area contributed by atoms with Gasteiger partial charge in [0.05, 0.1) is 11.8 Å². The maximum Gasteiger partial charge on any atom is 0.264 e. The summed E-state index contributed by atoms with van der Waals surface area (Å²) >= 11 is 0. The fraction of sp³-hybridized carbons (Fsp3) is 0.227. The van der Waals surface area contributed by atoms with E-state index in [-0.39, 0.29) is 29.1 Å². The predicted molar refractivity (Wildman–Crippen MR) is 112 cm³/mol. The van der Waals surface area contributed by atoms with Gasteiger partial charge in [-0.05, 0) is 23.8 Å². The van der Waals surface area contributed by atoms with Gasteiger partial charge in [0.25, 0.3) is 5.91 Å². The molecule has 8 nitrogen and oxygen atoms in total. The average molecular weight is 403 g/mol. The molecule has 152 valence electrons. The SMILES string of the molecule is CC(C)C(=O)c1c[nH]c2ncc(Oc3cccc(/C=C(/C#N)C(=O)N(C)C)c3)nc12. The van der Waals surface area contributed by atoms with Gasteiger partial charge in [0.2, 0.25) is 5.88 Å². The van der Waals surface area contributed by atoms with Crippen molar-refractivity contribution in [2.45, 2.75) is 13.8 Å². The number of hydrogen-bond donors (Lipinski definition) is 1. The fourth-order valence-electron chi connectivity index (χ4n) is 2.76. The van der Waals surface area contributed by atoms with E-state index in [1.54, 1.807) is 44.6 Å². The third-order valence-corrected chi connectivity index (χ3v) is 4.30. The zero-order chi connectivity index (χ0) is 21.8. The van der Waals surface area contributed by atoms with Crippen LogP contribution in [0.1, 0.15) is 29.8 Å². The molecule has 0 spiro atoms. The highest BCUT2D eigenvalue weighted by Crippen LogP contribution is 2.25. The van der Waals surface area contributed by atoms with Gasteiger partial charge < -0.3 is 14.6 Å². The number of ether oxygens (including phenoxy) is 1. The number of aromatic nitrogens is 3. The van der Waals surface area contributed by atoms with Crippen molar-refractivity contribution < 1.29 is 14.3 Å². The first kappa shape index (κ1) is 20.7. The lowest BCUT2D eigenvalue weighted by atomic mass is 10.0. The Morgan fingerprint density at radius 2 is 2.07 bits per heavy atom. The molecular weight excluding hydrogens is 382 g/mol. The van der Waals surface area contributed by atoms with Crippen LogP contribution in [0, 0.1) is 17.2 Å². The molecule has 0 atom stereocenters. The second kappa shape index (κ2) is 8.57. The largest absolute Gasteiger partial charge is 0.437 e. The number of nitriles is 1. The van der Waals surface area contributed by atoms with Crippen LogP contribution in [0.5, 0.6) is 11.6 Å². The van der Waals surface area contributed by atoms with E-state index in [0.29, 0.717) is 28.0 Å². The number of nitrogens with zero attached hydrogens (tertiary/aromatic N) is 4. The summed E-state index contributed by atoms with van der Waals surface area (Å²) in [4.78, 5) is 37.4. The first-order chi connectivity index (χ1) is 14.3. The Hall–Kier alpha value is -3.99. The number of Topliss-reactive ketones (excluding diaryl/α,β-unsaturated/α-hetero) is 1. The van der Waals surface area contributed by atoms with Gasteiger partial charge in [-0.1, -0.05) is 26.0 Å². The van der Waals surface area contributed by atoms with E-state index in [0.717, 1.165) is 0 Å². The first-order valence-electron chi connectivity index (χ1n) is 9.30. The molecule has 0 fully saturated rings. The molecule has 2 heterocycles. The van der Waals surface area contributed by atoms with Crippen LogP contribution < -0.4 is 4.74 Å². The topological polar surface area (TPSA) is 112 Å². The summed E-state index contributed by atoms with van der Waals surface area (Å²) < 4.78 is 5.81. The molecule has 2 aromatic heterocycles. The number of amides is 1. The molecular formula is C22H21N5O3. The number of fused-ring (bicyclic) bond motifs is 1. The van der Waals surface area contributed by atoms with Crippen LogP contribution in [0.25, 0.3) is 17.2 Å². The Kier molecular flexibility index (Phi) is 5.93. The number of rotatable bonds is 6. The summed E-state index contributed by atoms with van der Waals surface area (Å²) in [6.45, 7) is 3.65. The summed E-state index contributed by atoms with van der Waals surface area (Å²) in [6.07, 6.45) is 4.56. The second-order valence-electron chi connectivity index (χ2n) is 7.17.